The Kier molecular flexibility index (Phi) is 6.70. The number of aliphatic carboxylic acids is 1. The highest BCUT2D eigenvalue weighted by Gasteiger charge is 2.52. The van der Waals surface area contributed by atoms with Gasteiger partial charge in [-0.2, -0.15) is 0 Å². The molecule has 6 heteroatoms. The van der Waals surface area contributed by atoms with Crippen molar-refractivity contribution in [3.05, 3.63) is 94.5 Å². The molecule has 3 aromatic carbocycles. The number of methoxy groups -OCH3 is 1. The summed E-state index contributed by atoms with van der Waals surface area (Å²) in [5, 5.41) is 20.9. The lowest BCUT2D eigenvalue weighted by molar-refractivity contribution is -0.155. The topological polar surface area (TPSA) is 93.1 Å². The number of carbonyl (C=O) groups is 2. The van der Waals surface area contributed by atoms with Crippen LogP contribution in [0.25, 0.3) is 0 Å². The third-order valence-electron chi connectivity index (χ3n) is 6.50. The number of benzene rings is 3. The molecule has 0 bridgehead atoms. The monoisotopic (exact) mass is 460 g/mol. The van der Waals surface area contributed by atoms with E-state index in [4.69, 9.17) is 9.47 Å². The molecule has 1 aliphatic carbocycles. The second-order valence-corrected chi connectivity index (χ2v) is 8.79. The highest BCUT2D eigenvalue weighted by atomic mass is 16.5. The third kappa shape index (κ3) is 4.54. The highest BCUT2D eigenvalue weighted by molar-refractivity contribution is 6.00. The van der Waals surface area contributed by atoms with Gasteiger partial charge in [0.05, 0.1) is 19.8 Å². The van der Waals surface area contributed by atoms with Crippen LogP contribution in [0.3, 0.4) is 0 Å². The van der Waals surface area contributed by atoms with Crippen LogP contribution >= 0.6 is 0 Å². The number of aryl methyl sites for hydroxylation is 1. The van der Waals surface area contributed by atoms with Crippen LogP contribution in [-0.4, -0.2) is 35.7 Å². The molecule has 6 nitrogen and oxygen atoms in total. The number of hydrogen-bond donors (Lipinski definition) is 2. The van der Waals surface area contributed by atoms with Crippen molar-refractivity contribution in [3.8, 4) is 11.5 Å². The van der Waals surface area contributed by atoms with E-state index in [1.165, 1.54) is 12.7 Å². The molecule has 2 N–H and O–H groups in total. The Bertz CT molecular complexity index is 1220. The van der Waals surface area contributed by atoms with E-state index in [0.717, 1.165) is 11.1 Å². The number of aliphatic hydroxyl groups is 1. The van der Waals surface area contributed by atoms with Gasteiger partial charge in [-0.05, 0) is 48.2 Å². The molecule has 2 unspecified atom stereocenters. The predicted octanol–water partition coefficient (Wildman–Crippen LogP) is 4.56. The molecule has 0 fully saturated rings. The minimum absolute atomic E-state index is 0.0986. The van der Waals surface area contributed by atoms with Gasteiger partial charge in [0.15, 0.2) is 17.3 Å². The van der Waals surface area contributed by atoms with Crippen molar-refractivity contribution < 1.29 is 29.3 Å². The van der Waals surface area contributed by atoms with Crippen molar-refractivity contribution in [3.63, 3.8) is 0 Å². The van der Waals surface area contributed by atoms with Crippen molar-refractivity contribution in [1.82, 2.24) is 0 Å². The van der Waals surface area contributed by atoms with Crippen LogP contribution in [0.2, 0.25) is 0 Å². The summed E-state index contributed by atoms with van der Waals surface area (Å²) in [5.41, 5.74) is 2.34. The first-order valence-corrected chi connectivity index (χ1v) is 11.2. The summed E-state index contributed by atoms with van der Waals surface area (Å²) in [5.74, 6) is -0.657. The first kappa shape index (κ1) is 23.5. The van der Waals surface area contributed by atoms with Gasteiger partial charge in [0.1, 0.15) is 5.41 Å². The quantitative estimate of drug-likeness (QED) is 0.455. The molecule has 0 aliphatic heterocycles. The van der Waals surface area contributed by atoms with Gasteiger partial charge in [-0.25, -0.2) is 0 Å². The van der Waals surface area contributed by atoms with Crippen LogP contribution in [0.4, 0.5) is 0 Å². The fourth-order valence-corrected chi connectivity index (χ4v) is 4.62. The second-order valence-electron chi connectivity index (χ2n) is 8.79. The molecule has 0 spiro atoms. The number of rotatable bonds is 9. The molecule has 0 radical (unpaired) electrons. The maximum absolute atomic E-state index is 13.2. The molecule has 0 aromatic heterocycles. The molecule has 0 heterocycles. The fraction of sp³-hybridized carbons (Fsp3) is 0.286. The van der Waals surface area contributed by atoms with Gasteiger partial charge < -0.3 is 19.7 Å². The van der Waals surface area contributed by atoms with Crippen LogP contribution in [0.1, 0.15) is 45.1 Å². The van der Waals surface area contributed by atoms with E-state index in [1.54, 1.807) is 42.5 Å². The molecule has 4 rings (SSSR count). The second kappa shape index (κ2) is 9.69. The van der Waals surface area contributed by atoms with Gasteiger partial charge in [-0.15, -0.1) is 0 Å². The Morgan fingerprint density at radius 1 is 1.03 bits per heavy atom. The number of carbonyl (C=O) groups excluding carboxylic acids is 1. The van der Waals surface area contributed by atoms with E-state index in [-0.39, 0.29) is 18.6 Å². The first-order valence-electron chi connectivity index (χ1n) is 11.2. The Labute approximate surface area is 198 Å². The normalized spacial score (nSPS) is 18.9. The van der Waals surface area contributed by atoms with E-state index in [2.05, 4.69) is 6.07 Å². The van der Waals surface area contributed by atoms with Crippen molar-refractivity contribution in [1.29, 1.82) is 0 Å². The summed E-state index contributed by atoms with van der Waals surface area (Å²) < 4.78 is 11.3. The first-order chi connectivity index (χ1) is 16.3. The maximum atomic E-state index is 13.2. The molecule has 0 saturated heterocycles. The maximum Gasteiger partial charge on any atom is 0.313 e. The molecule has 0 saturated carbocycles. The van der Waals surface area contributed by atoms with Crippen LogP contribution in [0.5, 0.6) is 11.5 Å². The van der Waals surface area contributed by atoms with Gasteiger partial charge in [-0.1, -0.05) is 54.1 Å². The molecule has 0 amide bonds. The Morgan fingerprint density at radius 3 is 2.53 bits per heavy atom. The molecule has 3 aromatic rings. The minimum atomic E-state index is -1.60. The van der Waals surface area contributed by atoms with Crippen molar-refractivity contribution in [2.45, 2.75) is 32.3 Å². The van der Waals surface area contributed by atoms with Crippen molar-refractivity contribution in [2.24, 2.45) is 5.41 Å². The van der Waals surface area contributed by atoms with Crippen LogP contribution in [0.15, 0.2) is 66.7 Å². The van der Waals surface area contributed by atoms with Crippen LogP contribution in [-0.2, 0) is 17.6 Å². The number of Topliss-reactive ketones (excluding diaryl/α,β-unsaturated/α-hetero) is 1. The molecule has 176 valence electrons. The lowest BCUT2D eigenvalue weighted by atomic mass is 9.77. The van der Waals surface area contributed by atoms with E-state index in [0.29, 0.717) is 35.7 Å². The summed E-state index contributed by atoms with van der Waals surface area (Å²) in [7, 11) is 1.52. The Hall–Kier alpha value is -3.64. The third-order valence-corrected chi connectivity index (χ3v) is 6.50. The van der Waals surface area contributed by atoms with E-state index in [1.807, 2.05) is 25.1 Å². The summed E-state index contributed by atoms with van der Waals surface area (Å²) in [6.45, 7) is 2.43. The highest BCUT2D eigenvalue weighted by Crippen LogP contribution is 2.49. The summed E-state index contributed by atoms with van der Waals surface area (Å²) in [6, 6.07) is 20.0. The lowest BCUT2D eigenvalue weighted by Gasteiger charge is -2.27. The summed E-state index contributed by atoms with van der Waals surface area (Å²) >= 11 is 0. The number of ketones is 1. The number of carboxylic acids is 1. The smallest absolute Gasteiger partial charge is 0.313 e. The lowest BCUT2D eigenvalue weighted by Crippen LogP contribution is -2.37. The summed E-state index contributed by atoms with van der Waals surface area (Å²) in [4.78, 5) is 25.5. The average molecular weight is 461 g/mol. The zero-order valence-electron chi connectivity index (χ0n) is 19.3. The van der Waals surface area contributed by atoms with Gasteiger partial charge in [-0.3, -0.25) is 9.59 Å². The van der Waals surface area contributed by atoms with Gasteiger partial charge in [0, 0.05) is 18.4 Å². The van der Waals surface area contributed by atoms with Gasteiger partial charge >= 0.3 is 5.97 Å². The number of aliphatic hydroxyl groups excluding tert-OH is 1. The SMILES string of the molecule is COc1ccc(C(=O)CC2(C(=O)O)Cc3ccccc3C2O)cc1OCCc1cccc(C)c1. The van der Waals surface area contributed by atoms with Gasteiger partial charge in [0.2, 0.25) is 0 Å². The van der Waals surface area contributed by atoms with Crippen LogP contribution < -0.4 is 9.47 Å². The number of carboxylic acid groups (broad SMARTS) is 1. The molecule has 1 aliphatic rings. The van der Waals surface area contributed by atoms with E-state index in [9.17, 15) is 19.8 Å². The van der Waals surface area contributed by atoms with E-state index < -0.39 is 17.5 Å². The summed E-state index contributed by atoms with van der Waals surface area (Å²) in [6.07, 6.45) is -0.794. The van der Waals surface area contributed by atoms with Crippen molar-refractivity contribution >= 4 is 11.8 Å². The number of hydrogen-bond acceptors (Lipinski definition) is 5. The molecule has 34 heavy (non-hydrogen) atoms. The largest absolute Gasteiger partial charge is 0.493 e. The Morgan fingerprint density at radius 2 is 1.82 bits per heavy atom. The van der Waals surface area contributed by atoms with Crippen molar-refractivity contribution in [2.75, 3.05) is 13.7 Å². The average Bonchev–Trinajstić information content (AvgIpc) is 3.11. The zero-order chi connectivity index (χ0) is 24.3. The molecule has 2 atom stereocenters. The minimum Gasteiger partial charge on any atom is -0.493 e. The van der Waals surface area contributed by atoms with E-state index >= 15 is 0 Å². The molecular formula is C28H28O6. The standard InChI is InChI=1S/C28H28O6/c1-18-6-5-7-19(14-18)12-13-34-25-15-20(10-11-24(25)33-2)23(29)17-28(27(31)32)16-21-8-3-4-9-22(21)26(28)30/h3-11,14-15,26,30H,12-13,16-17H2,1-2H3,(H,31,32). The van der Waals surface area contributed by atoms with Crippen LogP contribution in [0, 0.1) is 12.3 Å². The zero-order valence-corrected chi connectivity index (χ0v) is 19.3. The fourth-order valence-electron chi connectivity index (χ4n) is 4.62. The number of fused-ring (bicyclic) bond motifs is 1. The van der Waals surface area contributed by atoms with Gasteiger partial charge in [0.25, 0.3) is 0 Å². The predicted molar refractivity (Wildman–Crippen MR) is 127 cm³/mol. The molecular weight excluding hydrogens is 432 g/mol. The Balaban J connectivity index is 1.52. The number of ether oxygens (including phenoxy) is 2.